The second kappa shape index (κ2) is 7.95. The fourth-order valence-corrected chi connectivity index (χ4v) is 3.04. The Bertz CT molecular complexity index is 472. The van der Waals surface area contributed by atoms with E-state index in [1.165, 1.54) is 0 Å². The van der Waals surface area contributed by atoms with Crippen LogP contribution >= 0.6 is 15.9 Å². The van der Waals surface area contributed by atoms with Crippen LogP contribution in [-0.2, 0) is 4.79 Å². The first-order chi connectivity index (χ1) is 9.91. The van der Waals surface area contributed by atoms with Crippen LogP contribution in [0.5, 0.6) is 0 Å². The summed E-state index contributed by atoms with van der Waals surface area (Å²) in [5.74, 6) is 0.151. The van der Waals surface area contributed by atoms with Gasteiger partial charge in [0, 0.05) is 17.6 Å². The largest absolute Gasteiger partial charge is 0.335 e. The first kappa shape index (κ1) is 18.2. The average molecular weight is 355 g/mol. The van der Waals surface area contributed by atoms with E-state index in [2.05, 4.69) is 35.8 Å². The van der Waals surface area contributed by atoms with Crippen molar-refractivity contribution in [1.82, 2.24) is 4.90 Å². The molecule has 0 aliphatic heterocycles. The number of amides is 1. The second-order valence-electron chi connectivity index (χ2n) is 5.81. The zero-order valence-electron chi connectivity index (χ0n) is 13.5. The molecular formula is C17H27BrN2O. The van der Waals surface area contributed by atoms with Crippen molar-refractivity contribution in [3.05, 3.63) is 34.3 Å². The molecule has 0 heterocycles. The van der Waals surface area contributed by atoms with Crippen LogP contribution in [-0.4, -0.2) is 23.9 Å². The fraction of sp³-hybridized carbons (Fsp3) is 0.588. The van der Waals surface area contributed by atoms with Gasteiger partial charge in [-0.15, -0.1) is 0 Å². The van der Waals surface area contributed by atoms with E-state index >= 15 is 0 Å². The molecule has 0 spiro atoms. The molecule has 1 amide bonds. The number of carbonyl (C=O) groups excluding carboxylic acids is 1. The topological polar surface area (TPSA) is 46.3 Å². The van der Waals surface area contributed by atoms with Crippen LogP contribution in [0.4, 0.5) is 0 Å². The van der Waals surface area contributed by atoms with Crippen LogP contribution < -0.4 is 5.73 Å². The molecule has 0 aromatic heterocycles. The van der Waals surface area contributed by atoms with Gasteiger partial charge in [-0.1, -0.05) is 48.0 Å². The van der Waals surface area contributed by atoms with Crippen LogP contribution in [0.2, 0.25) is 0 Å². The maximum atomic E-state index is 13.0. The summed E-state index contributed by atoms with van der Waals surface area (Å²) in [6, 6.07) is 8.11. The molecule has 2 atom stereocenters. The first-order valence-electron chi connectivity index (χ1n) is 7.66. The van der Waals surface area contributed by atoms with E-state index in [1.54, 1.807) is 0 Å². The SMILES string of the molecule is CCCN(C(=O)C(C)(CC)CN)C(C)c1ccccc1Br. The minimum atomic E-state index is -0.481. The summed E-state index contributed by atoms with van der Waals surface area (Å²) in [6.07, 6.45) is 1.69. The minimum Gasteiger partial charge on any atom is -0.335 e. The van der Waals surface area contributed by atoms with Crippen molar-refractivity contribution in [2.24, 2.45) is 11.1 Å². The number of halogens is 1. The summed E-state index contributed by atoms with van der Waals surface area (Å²) in [7, 11) is 0. The smallest absolute Gasteiger partial charge is 0.230 e. The monoisotopic (exact) mass is 354 g/mol. The highest BCUT2D eigenvalue weighted by atomic mass is 79.9. The Morgan fingerprint density at radius 1 is 1.38 bits per heavy atom. The summed E-state index contributed by atoms with van der Waals surface area (Å²) in [6.45, 7) is 9.30. The molecule has 118 valence electrons. The molecule has 0 radical (unpaired) electrons. The Morgan fingerprint density at radius 3 is 2.48 bits per heavy atom. The van der Waals surface area contributed by atoms with Crippen LogP contribution in [0.15, 0.2) is 28.7 Å². The van der Waals surface area contributed by atoms with Crippen LogP contribution in [0.25, 0.3) is 0 Å². The number of carbonyl (C=O) groups is 1. The van der Waals surface area contributed by atoms with E-state index in [1.807, 2.05) is 36.9 Å². The number of hydrogen-bond donors (Lipinski definition) is 1. The highest BCUT2D eigenvalue weighted by molar-refractivity contribution is 9.10. The molecule has 0 saturated carbocycles. The van der Waals surface area contributed by atoms with Gasteiger partial charge < -0.3 is 10.6 Å². The summed E-state index contributed by atoms with van der Waals surface area (Å²) in [5, 5.41) is 0. The maximum Gasteiger partial charge on any atom is 0.230 e. The predicted octanol–water partition coefficient (Wildman–Crippen LogP) is 4.12. The standard InChI is InChI=1S/C17H27BrN2O/c1-5-11-20(16(21)17(4,6-2)12-19)13(3)14-9-7-8-10-15(14)18/h7-10,13H,5-6,11-12,19H2,1-4H3. The summed E-state index contributed by atoms with van der Waals surface area (Å²) in [4.78, 5) is 14.9. The van der Waals surface area contributed by atoms with E-state index in [0.717, 1.165) is 29.4 Å². The molecule has 4 heteroatoms. The molecule has 3 nitrogen and oxygen atoms in total. The van der Waals surface area contributed by atoms with Gasteiger partial charge in [-0.2, -0.15) is 0 Å². The Morgan fingerprint density at radius 2 is 2.00 bits per heavy atom. The Labute approximate surface area is 137 Å². The number of rotatable bonds is 7. The lowest BCUT2D eigenvalue weighted by molar-refractivity contribution is -0.143. The zero-order valence-corrected chi connectivity index (χ0v) is 15.1. The van der Waals surface area contributed by atoms with E-state index in [9.17, 15) is 4.79 Å². The molecule has 21 heavy (non-hydrogen) atoms. The third kappa shape index (κ3) is 4.07. The highest BCUT2D eigenvalue weighted by Gasteiger charge is 2.36. The molecule has 1 aromatic rings. The Hall–Kier alpha value is -0.870. The van der Waals surface area contributed by atoms with Crippen LogP contribution in [0.3, 0.4) is 0 Å². The average Bonchev–Trinajstić information content (AvgIpc) is 2.51. The quantitative estimate of drug-likeness (QED) is 0.800. The Kier molecular flexibility index (Phi) is 6.88. The van der Waals surface area contributed by atoms with E-state index in [0.29, 0.717) is 6.54 Å². The lowest BCUT2D eigenvalue weighted by atomic mass is 9.85. The molecule has 0 fully saturated rings. The van der Waals surface area contributed by atoms with Gasteiger partial charge in [0.15, 0.2) is 0 Å². The molecule has 0 aliphatic carbocycles. The number of nitrogens with zero attached hydrogens (tertiary/aromatic N) is 1. The molecule has 0 bridgehead atoms. The van der Waals surface area contributed by atoms with Gasteiger partial charge in [-0.25, -0.2) is 0 Å². The van der Waals surface area contributed by atoms with E-state index < -0.39 is 5.41 Å². The number of benzene rings is 1. The van der Waals surface area contributed by atoms with Gasteiger partial charge in [-0.3, -0.25) is 4.79 Å². The molecule has 2 unspecified atom stereocenters. The van der Waals surface area contributed by atoms with Gasteiger partial charge in [-0.05, 0) is 38.3 Å². The second-order valence-corrected chi connectivity index (χ2v) is 6.67. The zero-order chi connectivity index (χ0) is 16.0. The van der Waals surface area contributed by atoms with Gasteiger partial charge in [0.1, 0.15) is 0 Å². The molecule has 1 aromatic carbocycles. The molecular weight excluding hydrogens is 328 g/mol. The number of nitrogens with two attached hydrogens (primary N) is 1. The third-order valence-electron chi connectivity index (χ3n) is 4.30. The van der Waals surface area contributed by atoms with Crippen molar-refractivity contribution in [1.29, 1.82) is 0 Å². The first-order valence-corrected chi connectivity index (χ1v) is 8.46. The maximum absolute atomic E-state index is 13.0. The normalized spacial score (nSPS) is 15.3. The van der Waals surface area contributed by atoms with Crippen molar-refractivity contribution in [2.45, 2.75) is 46.6 Å². The molecule has 2 N–H and O–H groups in total. The summed E-state index contributed by atoms with van der Waals surface area (Å²) >= 11 is 3.59. The lowest BCUT2D eigenvalue weighted by Crippen LogP contribution is -2.47. The van der Waals surface area contributed by atoms with Crippen molar-refractivity contribution >= 4 is 21.8 Å². The molecule has 1 rings (SSSR count). The van der Waals surface area contributed by atoms with Gasteiger partial charge in [0.25, 0.3) is 0 Å². The van der Waals surface area contributed by atoms with E-state index in [-0.39, 0.29) is 11.9 Å². The lowest BCUT2D eigenvalue weighted by Gasteiger charge is -2.37. The fourth-order valence-electron chi connectivity index (χ4n) is 2.42. The molecule has 0 saturated heterocycles. The van der Waals surface area contributed by atoms with Crippen molar-refractivity contribution in [3.63, 3.8) is 0 Å². The van der Waals surface area contributed by atoms with Gasteiger partial charge in [0.2, 0.25) is 5.91 Å². The van der Waals surface area contributed by atoms with Crippen molar-refractivity contribution < 1.29 is 4.79 Å². The third-order valence-corrected chi connectivity index (χ3v) is 5.02. The Balaban J connectivity index is 3.12. The van der Waals surface area contributed by atoms with Crippen molar-refractivity contribution in [3.8, 4) is 0 Å². The summed E-state index contributed by atoms with van der Waals surface area (Å²) < 4.78 is 1.04. The van der Waals surface area contributed by atoms with E-state index in [4.69, 9.17) is 5.73 Å². The van der Waals surface area contributed by atoms with Crippen LogP contribution in [0.1, 0.15) is 52.1 Å². The van der Waals surface area contributed by atoms with Crippen LogP contribution in [0, 0.1) is 5.41 Å². The minimum absolute atomic E-state index is 0.0328. The van der Waals surface area contributed by atoms with Gasteiger partial charge in [0.05, 0.1) is 11.5 Å². The number of hydrogen-bond acceptors (Lipinski definition) is 2. The summed E-state index contributed by atoms with van der Waals surface area (Å²) in [5.41, 5.74) is 6.52. The highest BCUT2D eigenvalue weighted by Crippen LogP contribution is 2.32. The predicted molar refractivity (Wildman–Crippen MR) is 92.0 cm³/mol. The molecule has 0 aliphatic rings. The van der Waals surface area contributed by atoms with Gasteiger partial charge >= 0.3 is 0 Å². The van der Waals surface area contributed by atoms with Crippen molar-refractivity contribution in [2.75, 3.05) is 13.1 Å².